The van der Waals surface area contributed by atoms with Gasteiger partial charge in [0.15, 0.2) is 0 Å². The van der Waals surface area contributed by atoms with Gasteiger partial charge in [-0.25, -0.2) is 19.9 Å². The minimum atomic E-state index is 0.521. The Morgan fingerprint density at radius 2 is 1.95 bits per heavy atom. The van der Waals surface area contributed by atoms with Crippen molar-refractivity contribution >= 4 is 16.9 Å². The van der Waals surface area contributed by atoms with Crippen molar-refractivity contribution in [2.24, 2.45) is 0 Å². The van der Waals surface area contributed by atoms with Crippen LogP contribution in [0.4, 0.5) is 5.82 Å². The molecule has 1 fully saturated rings. The molecule has 106 valence electrons. The topological polar surface area (TPSA) is 70.6 Å². The maximum Gasteiger partial charge on any atom is 0.142 e. The molecule has 1 saturated heterocycles. The maximum atomic E-state index is 4.47. The molecule has 0 spiro atoms. The molecule has 0 bridgehead atoms. The SMILES string of the molecule is c1cc(C2CCN(c3ncnc4[nH]ccc34)CC2)ncn1. The van der Waals surface area contributed by atoms with Gasteiger partial charge in [-0.05, 0) is 25.0 Å². The van der Waals surface area contributed by atoms with E-state index in [4.69, 9.17) is 0 Å². The van der Waals surface area contributed by atoms with Crippen molar-refractivity contribution in [1.29, 1.82) is 0 Å². The van der Waals surface area contributed by atoms with Crippen molar-refractivity contribution in [2.45, 2.75) is 18.8 Å². The van der Waals surface area contributed by atoms with Crippen LogP contribution in [-0.4, -0.2) is 38.0 Å². The summed E-state index contributed by atoms with van der Waals surface area (Å²) >= 11 is 0. The quantitative estimate of drug-likeness (QED) is 0.778. The number of hydrogen-bond donors (Lipinski definition) is 1. The van der Waals surface area contributed by atoms with E-state index in [1.54, 1.807) is 12.7 Å². The zero-order valence-corrected chi connectivity index (χ0v) is 11.6. The average molecular weight is 280 g/mol. The van der Waals surface area contributed by atoms with Crippen LogP contribution in [0.3, 0.4) is 0 Å². The number of piperidine rings is 1. The molecule has 0 aliphatic carbocycles. The molecule has 1 N–H and O–H groups in total. The highest BCUT2D eigenvalue weighted by Gasteiger charge is 2.23. The highest BCUT2D eigenvalue weighted by Crippen LogP contribution is 2.30. The Bertz CT molecular complexity index is 730. The summed E-state index contributed by atoms with van der Waals surface area (Å²) in [5.41, 5.74) is 2.05. The molecule has 3 aromatic rings. The number of aromatic nitrogens is 5. The van der Waals surface area contributed by atoms with Crippen molar-refractivity contribution in [1.82, 2.24) is 24.9 Å². The molecule has 0 amide bonds. The van der Waals surface area contributed by atoms with Crippen molar-refractivity contribution in [2.75, 3.05) is 18.0 Å². The first kappa shape index (κ1) is 12.3. The third kappa shape index (κ3) is 2.22. The maximum absolute atomic E-state index is 4.47. The highest BCUT2D eigenvalue weighted by molar-refractivity contribution is 5.87. The number of anilines is 1. The molecular formula is C15H16N6. The lowest BCUT2D eigenvalue weighted by molar-refractivity contribution is 0.494. The van der Waals surface area contributed by atoms with Crippen molar-refractivity contribution < 1.29 is 0 Å². The molecule has 0 aromatic carbocycles. The molecule has 6 heteroatoms. The monoisotopic (exact) mass is 280 g/mol. The summed E-state index contributed by atoms with van der Waals surface area (Å²) in [5, 5.41) is 1.10. The van der Waals surface area contributed by atoms with Gasteiger partial charge in [0.05, 0.1) is 5.39 Å². The number of rotatable bonds is 2. The molecular weight excluding hydrogens is 264 g/mol. The largest absolute Gasteiger partial charge is 0.356 e. The van der Waals surface area contributed by atoms with Gasteiger partial charge in [-0.3, -0.25) is 0 Å². The first-order chi connectivity index (χ1) is 10.4. The summed E-state index contributed by atoms with van der Waals surface area (Å²) in [6, 6.07) is 4.07. The lowest BCUT2D eigenvalue weighted by Crippen LogP contribution is -2.33. The molecule has 4 rings (SSSR count). The van der Waals surface area contributed by atoms with E-state index < -0.39 is 0 Å². The zero-order valence-electron chi connectivity index (χ0n) is 11.6. The number of nitrogens with zero attached hydrogens (tertiary/aromatic N) is 5. The van der Waals surface area contributed by atoms with Crippen LogP contribution in [0.15, 0.2) is 37.2 Å². The van der Waals surface area contributed by atoms with E-state index in [1.165, 1.54) is 0 Å². The van der Waals surface area contributed by atoms with Crippen LogP contribution in [-0.2, 0) is 0 Å². The summed E-state index contributed by atoms with van der Waals surface area (Å²) in [6.07, 6.45) is 9.18. The Morgan fingerprint density at radius 3 is 2.76 bits per heavy atom. The predicted octanol–water partition coefficient (Wildman–Crippen LogP) is 2.13. The van der Waals surface area contributed by atoms with Crippen LogP contribution < -0.4 is 4.90 Å². The van der Waals surface area contributed by atoms with E-state index in [-0.39, 0.29) is 0 Å². The summed E-state index contributed by atoms with van der Waals surface area (Å²) < 4.78 is 0. The number of hydrogen-bond acceptors (Lipinski definition) is 5. The summed E-state index contributed by atoms with van der Waals surface area (Å²) in [6.45, 7) is 1.98. The van der Waals surface area contributed by atoms with Gasteiger partial charge in [-0.2, -0.15) is 0 Å². The van der Waals surface area contributed by atoms with Crippen molar-refractivity contribution in [3.8, 4) is 0 Å². The number of H-pyrrole nitrogens is 1. The van der Waals surface area contributed by atoms with Gasteiger partial charge >= 0.3 is 0 Å². The lowest BCUT2D eigenvalue weighted by Gasteiger charge is -2.32. The van der Waals surface area contributed by atoms with E-state index >= 15 is 0 Å². The molecule has 0 unspecified atom stereocenters. The fourth-order valence-electron chi connectivity index (χ4n) is 3.04. The average Bonchev–Trinajstić information content (AvgIpc) is 3.04. The normalized spacial score (nSPS) is 16.5. The predicted molar refractivity (Wildman–Crippen MR) is 80.1 cm³/mol. The van der Waals surface area contributed by atoms with Crippen LogP contribution in [0.2, 0.25) is 0 Å². The van der Waals surface area contributed by atoms with E-state index in [9.17, 15) is 0 Å². The van der Waals surface area contributed by atoms with Gasteiger partial charge < -0.3 is 9.88 Å². The van der Waals surface area contributed by atoms with Gasteiger partial charge in [-0.1, -0.05) is 0 Å². The van der Waals surface area contributed by atoms with Gasteiger partial charge in [-0.15, -0.1) is 0 Å². The lowest BCUT2D eigenvalue weighted by atomic mass is 9.93. The molecule has 3 aromatic heterocycles. The van der Waals surface area contributed by atoms with E-state index in [2.05, 4.69) is 29.8 Å². The van der Waals surface area contributed by atoms with Crippen LogP contribution in [0.5, 0.6) is 0 Å². The molecule has 1 aliphatic heterocycles. The minimum Gasteiger partial charge on any atom is -0.356 e. The summed E-state index contributed by atoms with van der Waals surface area (Å²) in [4.78, 5) is 22.6. The molecule has 0 saturated carbocycles. The van der Waals surface area contributed by atoms with Crippen molar-refractivity contribution in [3.05, 3.63) is 42.9 Å². The third-order valence-corrected chi connectivity index (χ3v) is 4.15. The smallest absolute Gasteiger partial charge is 0.142 e. The Labute approximate surface area is 122 Å². The fourth-order valence-corrected chi connectivity index (χ4v) is 3.04. The first-order valence-corrected chi connectivity index (χ1v) is 7.21. The molecule has 0 atom stereocenters. The minimum absolute atomic E-state index is 0.521. The fraction of sp³-hybridized carbons (Fsp3) is 0.333. The number of nitrogens with one attached hydrogen (secondary N) is 1. The summed E-state index contributed by atoms with van der Waals surface area (Å²) in [5.74, 6) is 1.55. The summed E-state index contributed by atoms with van der Waals surface area (Å²) in [7, 11) is 0. The molecule has 4 heterocycles. The van der Waals surface area contributed by atoms with E-state index in [0.29, 0.717) is 5.92 Å². The van der Waals surface area contributed by atoms with E-state index in [0.717, 1.165) is 48.5 Å². The second kappa shape index (κ2) is 5.12. The second-order valence-corrected chi connectivity index (χ2v) is 5.33. The second-order valence-electron chi connectivity index (χ2n) is 5.33. The Morgan fingerprint density at radius 1 is 1.05 bits per heavy atom. The zero-order chi connectivity index (χ0) is 14.1. The van der Waals surface area contributed by atoms with Crippen molar-refractivity contribution in [3.63, 3.8) is 0 Å². The van der Waals surface area contributed by atoms with Gasteiger partial charge in [0.1, 0.15) is 24.1 Å². The van der Waals surface area contributed by atoms with Crippen LogP contribution in [0, 0.1) is 0 Å². The Kier molecular flexibility index (Phi) is 2.99. The van der Waals surface area contributed by atoms with E-state index in [1.807, 2.05) is 24.5 Å². The number of fused-ring (bicyclic) bond motifs is 1. The first-order valence-electron chi connectivity index (χ1n) is 7.21. The third-order valence-electron chi connectivity index (χ3n) is 4.15. The van der Waals surface area contributed by atoms with Crippen LogP contribution in [0.25, 0.3) is 11.0 Å². The molecule has 1 aliphatic rings. The van der Waals surface area contributed by atoms with Crippen LogP contribution >= 0.6 is 0 Å². The molecule has 0 radical (unpaired) electrons. The Hall–Kier alpha value is -2.50. The number of aromatic amines is 1. The molecule has 6 nitrogen and oxygen atoms in total. The standard InChI is InChI=1S/C15H16N6/c1-6-17-14-12(1)15(20-10-19-14)21-7-3-11(4-8-21)13-2-5-16-9-18-13/h1-2,5-6,9-11H,3-4,7-8H2,(H,17,19,20). The van der Waals surface area contributed by atoms with Gasteiger partial charge in [0.2, 0.25) is 0 Å². The molecule has 21 heavy (non-hydrogen) atoms. The van der Waals surface area contributed by atoms with Gasteiger partial charge in [0.25, 0.3) is 0 Å². The Balaban J connectivity index is 1.54. The highest BCUT2D eigenvalue weighted by atomic mass is 15.2. The van der Waals surface area contributed by atoms with Gasteiger partial charge in [0, 0.05) is 37.1 Å². The van der Waals surface area contributed by atoms with Crippen LogP contribution in [0.1, 0.15) is 24.5 Å².